The molecule has 0 aromatic carbocycles. The van der Waals surface area contributed by atoms with Gasteiger partial charge in [0.1, 0.15) is 0 Å². The molecule has 3 rings (SSSR count). The monoisotopic (exact) mass is 339 g/mol. The van der Waals surface area contributed by atoms with Gasteiger partial charge in [0.2, 0.25) is 17.6 Å². The van der Waals surface area contributed by atoms with E-state index in [-0.39, 0.29) is 11.9 Å². The summed E-state index contributed by atoms with van der Waals surface area (Å²) in [5.41, 5.74) is 0.929. The van der Waals surface area contributed by atoms with Crippen LogP contribution in [0.25, 0.3) is 11.4 Å². The normalized spacial score (nSPS) is 22.0. The maximum Gasteiger partial charge on any atom is 0.227 e. The first-order valence-electron chi connectivity index (χ1n) is 7.13. The van der Waals surface area contributed by atoms with Gasteiger partial charge in [-0.1, -0.05) is 5.16 Å². The summed E-state index contributed by atoms with van der Waals surface area (Å²) in [4.78, 5) is 18.4. The molecule has 2 aromatic heterocycles. The van der Waals surface area contributed by atoms with Crippen LogP contribution in [0.5, 0.6) is 0 Å². The van der Waals surface area contributed by atoms with Gasteiger partial charge in [0.05, 0.1) is 0 Å². The van der Waals surface area contributed by atoms with E-state index in [1.54, 1.807) is 16.2 Å². The van der Waals surface area contributed by atoms with Gasteiger partial charge in [-0.25, -0.2) is 0 Å². The Bertz CT molecular complexity index is 669. The Hall–Kier alpha value is -1.54. The number of aryl methyl sites for hydroxylation is 1. The van der Waals surface area contributed by atoms with Crippen LogP contribution in [0.2, 0.25) is 0 Å². The predicted molar refractivity (Wildman–Crippen MR) is 85.0 cm³/mol. The van der Waals surface area contributed by atoms with Crippen LogP contribution in [-0.4, -0.2) is 49.2 Å². The number of thiophene rings is 1. The van der Waals surface area contributed by atoms with E-state index in [9.17, 15) is 9.00 Å². The molecule has 1 aliphatic heterocycles. The van der Waals surface area contributed by atoms with Crippen molar-refractivity contribution in [3.8, 4) is 11.4 Å². The molecule has 8 heteroatoms. The van der Waals surface area contributed by atoms with Gasteiger partial charge in [0, 0.05) is 58.7 Å². The molecule has 0 unspecified atom stereocenters. The van der Waals surface area contributed by atoms with Gasteiger partial charge in [0.25, 0.3) is 0 Å². The number of hydrogen-bond acceptors (Lipinski definition) is 6. The minimum atomic E-state index is -0.795. The molecular formula is C14H17N3O3S2. The average Bonchev–Trinajstić information content (AvgIpc) is 3.16. The highest BCUT2D eigenvalue weighted by Gasteiger charge is 2.26. The molecule has 2 atom stereocenters. The van der Waals surface area contributed by atoms with Crippen molar-refractivity contribution in [3.05, 3.63) is 22.7 Å². The highest BCUT2D eigenvalue weighted by molar-refractivity contribution is 7.85. The zero-order valence-electron chi connectivity index (χ0n) is 12.2. The molecule has 0 radical (unpaired) electrons. The average molecular weight is 339 g/mol. The molecule has 1 amide bonds. The van der Waals surface area contributed by atoms with Gasteiger partial charge >= 0.3 is 0 Å². The summed E-state index contributed by atoms with van der Waals surface area (Å²) < 4.78 is 16.7. The number of carbonyl (C=O) groups is 1. The molecular weight excluding hydrogens is 322 g/mol. The van der Waals surface area contributed by atoms with Gasteiger partial charge in [-0.15, -0.1) is 0 Å². The fourth-order valence-electron chi connectivity index (χ4n) is 2.46. The standard InChI is InChI=1S/C14H17N3O3S2/c1-10-9-22(19)7-5-17(10)13(18)3-2-12-15-14(16-20-12)11-4-6-21-8-11/h4,6,8,10H,2-3,5,7,9H2,1H3/t10-,22+/m0/s1. The summed E-state index contributed by atoms with van der Waals surface area (Å²) in [6.45, 7) is 2.51. The second-order valence-electron chi connectivity index (χ2n) is 5.27. The summed E-state index contributed by atoms with van der Waals surface area (Å²) in [5.74, 6) is 2.22. The number of nitrogens with zero attached hydrogens (tertiary/aromatic N) is 3. The molecule has 22 heavy (non-hydrogen) atoms. The second kappa shape index (κ2) is 6.70. The van der Waals surface area contributed by atoms with Crippen molar-refractivity contribution < 1.29 is 13.5 Å². The van der Waals surface area contributed by atoms with Gasteiger partial charge in [-0.2, -0.15) is 16.3 Å². The van der Waals surface area contributed by atoms with E-state index in [4.69, 9.17) is 4.52 Å². The van der Waals surface area contributed by atoms with Crippen LogP contribution in [0.15, 0.2) is 21.3 Å². The summed E-state index contributed by atoms with van der Waals surface area (Å²) in [7, 11) is -0.795. The van der Waals surface area contributed by atoms with Gasteiger partial charge in [0.15, 0.2) is 0 Å². The van der Waals surface area contributed by atoms with Crippen molar-refractivity contribution in [3.63, 3.8) is 0 Å². The lowest BCUT2D eigenvalue weighted by molar-refractivity contribution is -0.132. The summed E-state index contributed by atoms with van der Waals surface area (Å²) >= 11 is 1.57. The highest BCUT2D eigenvalue weighted by atomic mass is 32.2. The molecule has 0 bridgehead atoms. The molecule has 2 aromatic rings. The Morgan fingerprint density at radius 2 is 2.45 bits per heavy atom. The molecule has 0 saturated carbocycles. The SMILES string of the molecule is C[C@H]1C[S@](=O)CCN1C(=O)CCc1nc(-c2ccsc2)no1. The Morgan fingerprint density at radius 1 is 1.59 bits per heavy atom. The molecule has 1 fully saturated rings. The van der Waals surface area contributed by atoms with Crippen LogP contribution in [0, 0.1) is 0 Å². The quantitative estimate of drug-likeness (QED) is 0.847. The maximum absolute atomic E-state index is 12.3. The molecule has 0 N–H and O–H groups in total. The Balaban J connectivity index is 1.56. The van der Waals surface area contributed by atoms with Crippen LogP contribution in [-0.2, 0) is 22.0 Å². The smallest absolute Gasteiger partial charge is 0.227 e. The van der Waals surface area contributed by atoms with E-state index in [0.717, 1.165) is 5.56 Å². The number of hydrogen-bond donors (Lipinski definition) is 0. The summed E-state index contributed by atoms with van der Waals surface area (Å²) in [6, 6.07) is 1.96. The Kier molecular flexibility index (Phi) is 4.68. The molecule has 0 spiro atoms. The van der Waals surface area contributed by atoms with E-state index in [2.05, 4.69) is 10.1 Å². The minimum Gasteiger partial charge on any atom is -0.339 e. The fourth-order valence-corrected chi connectivity index (χ4v) is 4.38. The molecule has 118 valence electrons. The zero-order chi connectivity index (χ0) is 15.5. The maximum atomic E-state index is 12.3. The van der Waals surface area contributed by atoms with Crippen molar-refractivity contribution in [2.24, 2.45) is 0 Å². The Morgan fingerprint density at radius 3 is 3.18 bits per heavy atom. The third kappa shape index (κ3) is 3.44. The van der Waals surface area contributed by atoms with E-state index in [0.29, 0.717) is 42.6 Å². The van der Waals surface area contributed by atoms with Gasteiger partial charge < -0.3 is 9.42 Å². The molecule has 3 heterocycles. The van der Waals surface area contributed by atoms with E-state index >= 15 is 0 Å². The first-order chi connectivity index (χ1) is 10.6. The predicted octanol–water partition coefficient (Wildman–Crippen LogP) is 1.71. The third-order valence-corrected chi connectivity index (χ3v) is 5.81. The molecule has 6 nitrogen and oxygen atoms in total. The van der Waals surface area contributed by atoms with Crippen LogP contribution in [0.4, 0.5) is 0 Å². The van der Waals surface area contributed by atoms with E-state index in [1.807, 2.05) is 23.8 Å². The number of amides is 1. The first kappa shape index (κ1) is 15.4. The van der Waals surface area contributed by atoms with Crippen molar-refractivity contribution in [2.45, 2.75) is 25.8 Å². The number of rotatable bonds is 4. The topological polar surface area (TPSA) is 76.3 Å². The van der Waals surface area contributed by atoms with Crippen LogP contribution in [0.3, 0.4) is 0 Å². The summed E-state index contributed by atoms with van der Waals surface area (Å²) in [6.07, 6.45) is 0.768. The van der Waals surface area contributed by atoms with E-state index < -0.39 is 10.8 Å². The van der Waals surface area contributed by atoms with Crippen molar-refractivity contribution in [2.75, 3.05) is 18.1 Å². The van der Waals surface area contributed by atoms with Crippen molar-refractivity contribution in [1.82, 2.24) is 15.0 Å². The third-order valence-electron chi connectivity index (χ3n) is 3.64. The lowest BCUT2D eigenvalue weighted by Crippen LogP contribution is -2.48. The number of aromatic nitrogens is 2. The van der Waals surface area contributed by atoms with Crippen LogP contribution < -0.4 is 0 Å². The number of carbonyl (C=O) groups excluding carboxylic acids is 1. The lowest BCUT2D eigenvalue weighted by atomic mass is 10.2. The lowest BCUT2D eigenvalue weighted by Gasteiger charge is -2.32. The zero-order valence-corrected chi connectivity index (χ0v) is 13.9. The highest BCUT2D eigenvalue weighted by Crippen LogP contribution is 2.19. The minimum absolute atomic E-state index is 0.0335. The van der Waals surface area contributed by atoms with Gasteiger partial charge in [-0.05, 0) is 18.4 Å². The molecule has 1 aliphatic rings. The molecule has 1 saturated heterocycles. The summed E-state index contributed by atoms with van der Waals surface area (Å²) in [5, 5.41) is 7.84. The first-order valence-corrected chi connectivity index (χ1v) is 9.56. The largest absolute Gasteiger partial charge is 0.339 e. The van der Waals surface area contributed by atoms with Crippen molar-refractivity contribution >= 4 is 28.0 Å². The Labute approximate surface area is 135 Å². The second-order valence-corrected chi connectivity index (χ2v) is 7.67. The van der Waals surface area contributed by atoms with E-state index in [1.165, 1.54) is 0 Å². The van der Waals surface area contributed by atoms with Crippen LogP contribution in [0.1, 0.15) is 19.2 Å². The van der Waals surface area contributed by atoms with Crippen LogP contribution >= 0.6 is 11.3 Å². The van der Waals surface area contributed by atoms with Crippen molar-refractivity contribution in [1.29, 1.82) is 0 Å². The fraction of sp³-hybridized carbons (Fsp3) is 0.500. The molecule has 0 aliphatic carbocycles. The van der Waals surface area contributed by atoms with Gasteiger partial charge in [-0.3, -0.25) is 9.00 Å².